The van der Waals surface area contributed by atoms with Crippen LogP contribution in [0.4, 0.5) is 0 Å². The molecule has 0 aromatic carbocycles. The fraction of sp³-hybridized carbons (Fsp3) is 0.636. The molecule has 0 bridgehead atoms. The van der Waals surface area contributed by atoms with Crippen LogP contribution >= 0.6 is 0 Å². The lowest BCUT2D eigenvalue weighted by Crippen LogP contribution is -2.46. The van der Waals surface area contributed by atoms with Crippen LogP contribution in [0.2, 0.25) is 0 Å². The molecular formula is C11H18N2O3. The largest absolute Gasteiger partial charge is 0.480 e. The van der Waals surface area contributed by atoms with Crippen LogP contribution in [0.1, 0.15) is 20.3 Å². The molecule has 0 saturated heterocycles. The molecule has 0 aliphatic heterocycles. The fourth-order valence-electron chi connectivity index (χ4n) is 1.33. The molecule has 1 amide bonds. The molecule has 0 aromatic heterocycles. The summed E-state index contributed by atoms with van der Waals surface area (Å²) in [5.41, 5.74) is 5.67. The van der Waals surface area contributed by atoms with Crippen LogP contribution in [0.5, 0.6) is 0 Å². The van der Waals surface area contributed by atoms with Crippen molar-refractivity contribution in [3.05, 3.63) is 0 Å². The minimum atomic E-state index is -1.10. The predicted octanol–water partition coefficient (Wildman–Crippen LogP) is -0.0938. The van der Waals surface area contributed by atoms with Gasteiger partial charge in [0, 0.05) is 0 Å². The Labute approximate surface area is 95.6 Å². The molecule has 0 spiro atoms. The zero-order valence-electron chi connectivity index (χ0n) is 9.64. The number of terminal acetylenes is 1. The predicted molar refractivity (Wildman–Crippen MR) is 60.5 cm³/mol. The first-order valence-corrected chi connectivity index (χ1v) is 5.08. The van der Waals surface area contributed by atoms with Gasteiger partial charge in [-0.3, -0.25) is 9.59 Å². The highest BCUT2D eigenvalue weighted by atomic mass is 16.4. The molecule has 90 valence electrons. The number of carbonyl (C=O) groups excluding carboxylic acids is 1. The molecule has 0 fully saturated rings. The molecule has 0 aliphatic carbocycles. The fourth-order valence-corrected chi connectivity index (χ4v) is 1.33. The van der Waals surface area contributed by atoms with Gasteiger partial charge < -0.3 is 15.7 Å². The van der Waals surface area contributed by atoms with Gasteiger partial charge in [0.1, 0.15) is 6.54 Å². The summed E-state index contributed by atoms with van der Waals surface area (Å²) in [6.45, 7) is 3.44. The Bertz CT molecular complexity index is 294. The molecule has 0 radical (unpaired) electrons. The molecule has 3 N–H and O–H groups in total. The zero-order valence-corrected chi connectivity index (χ0v) is 9.64. The number of carbonyl (C=O) groups is 2. The van der Waals surface area contributed by atoms with Crippen LogP contribution in [-0.2, 0) is 9.59 Å². The average Bonchev–Trinajstić information content (AvgIpc) is 2.14. The van der Waals surface area contributed by atoms with Gasteiger partial charge in [-0.15, -0.1) is 6.42 Å². The molecule has 0 unspecified atom stereocenters. The van der Waals surface area contributed by atoms with E-state index in [4.69, 9.17) is 17.3 Å². The number of amides is 1. The lowest BCUT2D eigenvalue weighted by Gasteiger charge is -2.22. The second-order valence-corrected chi connectivity index (χ2v) is 4.03. The Morgan fingerprint density at radius 1 is 1.50 bits per heavy atom. The summed E-state index contributed by atoms with van der Waals surface area (Å²) in [6, 6.07) is -0.687. The van der Waals surface area contributed by atoms with Gasteiger partial charge in [0.2, 0.25) is 5.91 Å². The number of hydrogen-bond donors (Lipinski definition) is 2. The van der Waals surface area contributed by atoms with E-state index >= 15 is 0 Å². The van der Waals surface area contributed by atoms with Crippen LogP contribution < -0.4 is 5.73 Å². The molecule has 16 heavy (non-hydrogen) atoms. The number of carboxylic acid groups (broad SMARTS) is 1. The number of nitrogens with two attached hydrogens (primary N) is 1. The first-order valence-electron chi connectivity index (χ1n) is 5.08. The van der Waals surface area contributed by atoms with Crippen LogP contribution in [0.25, 0.3) is 0 Å². The van der Waals surface area contributed by atoms with E-state index in [0.29, 0.717) is 6.42 Å². The van der Waals surface area contributed by atoms with Crippen molar-refractivity contribution < 1.29 is 14.7 Å². The van der Waals surface area contributed by atoms with Crippen molar-refractivity contribution >= 4 is 11.9 Å². The van der Waals surface area contributed by atoms with Gasteiger partial charge in [-0.2, -0.15) is 0 Å². The van der Waals surface area contributed by atoms with Gasteiger partial charge in [-0.25, -0.2) is 0 Å². The maximum Gasteiger partial charge on any atom is 0.323 e. The van der Waals surface area contributed by atoms with E-state index in [1.54, 1.807) is 0 Å². The van der Waals surface area contributed by atoms with E-state index in [1.165, 1.54) is 0 Å². The summed E-state index contributed by atoms with van der Waals surface area (Å²) in [5.74, 6) is 1.02. The summed E-state index contributed by atoms with van der Waals surface area (Å²) >= 11 is 0. The number of hydrogen-bond acceptors (Lipinski definition) is 3. The normalized spacial score (nSPS) is 11.9. The highest BCUT2D eigenvalue weighted by molar-refractivity contribution is 5.85. The van der Waals surface area contributed by atoms with Crippen LogP contribution in [0, 0.1) is 18.3 Å². The summed E-state index contributed by atoms with van der Waals surface area (Å²) < 4.78 is 0. The lowest BCUT2D eigenvalue weighted by atomic mass is 10.0. The lowest BCUT2D eigenvalue weighted by molar-refractivity contribution is -0.144. The quantitative estimate of drug-likeness (QED) is 0.620. The number of rotatable bonds is 6. The third-order valence-electron chi connectivity index (χ3n) is 1.96. The van der Waals surface area contributed by atoms with Gasteiger partial charge in [-0.05, 0) is 12.3 Å². The van der Waals surface area contributed by atoms with Crippen LogP contribution in [0.15, 0.2) is 0 Å². The van der Waals surface area contributed by atoms with Crippen molar-refractivity contribution in [2.24, 2.45) is 11.7 Å². The SMILES string of the molecule is C#CCN(CC(=O)O)C(=O)[C@@H](N)CC(C)C. The maximum absolute atomic E-state index is 11.7. The average molecular weight is 226 g/mol. The van der Waals surface area contributed by atoms with Gasteiger partial charge in [0.25, 0.3) is 0 Å². The molecule has 0 aliphatic rings. The van der Waals surface area contributed by atoms with E-state index < -0.39 is 24.5 Å². The summed E-state index contributed by atoms with van der Waals surface area (Å²) in [4.78, 5) is 23.4. The number of carboxylic acids is 1. The third-order valence-corrected chi connectivity index (χ3v) is 1.96. The van der Waals surface area contributed by atoms with E-state index in [1.807, 2.05) is 13.8 Å². The molecule has 5 heteroatoms. The highest BCUT2D eigenvalue weighted by Gasteiger charge is 2.22. The Balaban J connectivity index is 4.48. The van der Waals surface area contributed by atoms with Crippen LogP contribution in [0.3, 0.4) is 0 Å². The Hall–Kier alpha value is -1.54. The highest BCUT2D eigenvalue weighted by Crippen LogP contribution is 2.05. The number of nitrogens with zero attached hydrogens (tertiary/aromatic N) is 1. The zero-order chi connectivity index (χ0) is 12.7. The minimum absolute atomic E-state index is 0.0308. The molecule has 0 saturated carbocycles. The van der Waals surface area contributed by atoms with Gasteiger partial charge >= 0.3 is 5.97 Å². The number of aliphatic carboxylic acids is 1. The first kappa shape index (κ1) is 14.5. The van der Waals surface area contributed by atoms with Gasteiger partial charge in [0.15, 0.2) is 0 Å². The van der Waals surface area contributed by atoms with E-state index in [2.05, 4.69) is 5.92 Å². The van der Waals surface area contributed by atoms with Crippen molar-refractivity contribution in [1.29, 1.82) is 0 Å². The van der Waals surface area contributed by atoms with E-state index in [0.717, 1.165) is 4.90 Å². The monoisotopic (exact) mass is 226 g/mol. The van der Waals surface area contributed by atoms with Crippen molar-refractivity contribution in [3.8, 4) is 12.3 Å². The molecule has 0 heterocycles. The van der Waals surface area contributed by atoms with Crippen molar-refractivity contribution in [1.82, 2.24) is 4.90 Å². The second-order valence-electron chi connectivity index (χ2n) is 4.03. The minimum Gasteiger partial charge on any atom is -0.480 e. The molecule has 0 rings (SSSR count). The smallest absolute Gasteiger partial charge is 0.323 e. The molecule has 1 atom stereocenters. The van der Waals surface area contributed by atoms with Gasteiger partial charge in [-0.1, -0.05) is 19.8 Å². The Morgan fingerprint density at radius 2 is 2.06 bits per heavy atom. The van der Waals surface area contributed by atoms with Crippen molar-refractivity contribution in [3.63, 3.8) is 0 Å². The van der Waals surface area contributed by atoms with E-state index in [9.17, 15) is 9.59 Å². The molecule has 5 nitrogen and oxygen atoms in total. The molecule has 0 aromatic rings. The Morgan fingerprint density at radius 3 is 2.44 bits per heavy atom. The van der Waals surface area contributed by atoms with Gasteiger partial charge in [0.05, 0.1) is 12.6 Å². The standard InChI is InChI=1S/C11H18N2O3/c1-4-5-13(7-10(14)15)11(16)9(12)6-8(2)3/h1,8-9H,5-7,12H2,2-3H3,(H,14,15)/t9-/m0/s1. The summed E-state index contributed by atoms with van der Waals surface area (Å²) in [5, 5.41) is 8.62. The Kier molecular flexibility index (Phi) is 6.19. The van der Waals surface area contributed by atoms with Crippen LogP contribution in [-0.4, -0.2) is 41.0 Å². The summed E-state index contributed by atoms with van der Waals surface area (Å²) in [7, 11) is 0. The first-order chi connectivity index (χ1) is 7.38. The maximum atomic E-state index is 11.7. The topological polar surface area (TPSA) is 83.6 Å². The van der Waals surface area contributed by atoms with Crippen molar-refractivity contribution in [2.45, 2.75) is 26.3 Å². The summed E-state index contributed by atoms with van der Waals surface area (Å²) in [6.07, 6.45) is 5.58. The van der Waals surface area contributed by atoms with E-state index in [-0.39, 0.29) is 12.5 Å². The third kappa shape index (κ3) is 5.37. The second kappa shape index (κ2) is 6.85. The van der Waals surface area contributed by atoms with Crippen molar-refractivity contribution in [2.75, 3.05) is 13.1 Å². The molecular weight excluding hydrogens is 208 g/mol.